The number of carbonyl (C=O) groups is 1. The fourth-order valence-electron chi connectivity index (χ4n) is 2.78. The van der Waals surface area contributed by atoms with E-state index in [1.165, 1.54) is 6.07 Å². The van der Waals surface area contributed by atoms with Gasteiger partial charge in [-0.2, -0.15) is 0 Å². The van der Waals surface area contributed by atoms with Gasteiger partial charge in [0, 0.05) is 26.3 Å². The second-order valence-electron chi connectivity index (χ2n) is 5.84. The third-order valence-corrected chi connectivity index (χ3v) is 4.50. The molecule has 1 unspecified atom stereocenters. The SMILES string of the molecule is Cc1c(F)cccc1CN(CCC1CCCOC1)C(=O)CCl. The zero-order valence-corrected chi connectivity index (χ0v) is 13.7. The third kappa shape index (κ3) is 4.68. The van der Waals surface area contributed by atoms with Gasteiger partial charge in [-0.3, -0.25) is 4.79 Å². The molecule has 1 amide bonds. The van der Waals surface area contributed by atoms with Gasteiger partial charge in [0.1, 0.15) is 11.7 Å². The fourth-order valence-corrected chi connectivity index (χ4v) is 2.95. The van der Waals surface area contributed by atoms with Crippen molar-refractivity contribution in [2.24, 2.45) is 5.92 Å². The molecule has 1 aromatic carbocycles. The number of ether oxygens (including phenoxy) is 1. The zero-order valence-electron chi connectivity index (χ0n) is 13.0. The largest absolute Gasteiger partial charge is 0.381 e. The molecule has 1 saturated heterocycles. The van der Waals surface area contributed by atoms with E-state index >= 15 is 0 Å². The van der Waals surface area contributed by atoms with Crippen LogP contribution in [-0.2, 0) is 16.1 Å². The molecule has 1 aromatic rings. The Morgan fingerprint density at radius 2 is 2.32 bits per heavy atom. The highest BCUT2D eigenvalue weighted by molar-refractivity contribution is 6.27. The normalized spacial score (nSPS) is 18.2. The fraction of sp³-hybridized carbons (Fsp3) is 0.588. The highest BCUT2D eigenvalue weighted by Crippen LogP contribution is 2.19. The first-order valence-corrected chi connectivity index (χ1v) is 8.30. The van der Waals surface area contributed by atoms with E-state index in [1.54, 1.807) is 17.9 Å². The van der Waals surface area contributed by atoms with Crippen LogP contribution in [-0.4, -0.2) is 36.4 Å². The van der Waals surface area contributed by atoms with Gasteiger partial charge in [-0.15, -0.1) is 11.6 Å². The van der Waals surface area contributed by atoms with Crippen molar-refractivity contribution in [3.63, 3.8) is 0 Å². The Morgan fingerprint density at radius 3 is 3.00 bits per heavy atom. The summed E-state index contributed by atoms with van der Waals surface area (Å²) in [4.78, 5) is 13.8. The lowest BCUT2D eigenvalue weighted by Crippen LogP contribution is -2.34. The smallest absolute Gasteiger partial charge is 0.237 e. The maximum atomic E-state index is 13.6. The lowest BCUT2D eigenvalue weighted by atomic mass is 9.98. The Labute approximate surface area is 136 Å². The highest BCUT2D eigenvalue weighted by atomic mass is 35.5. The Kier molecular flexibility index (Phi) is 6.65. The van der Waals surface area contributed by atoms with E-state index < -0.39 is 0 Å². The predicted octanol–water partition coefficient (Wildman–Crippen LogP) is 3.52. The quantitative estimate of drug-likeness (QED) is 0.748. The summed E-state index contributed by atoms with van der Waals surface area (Å²) >= 11 is 5.72. The van der Waals surface area contributed by atoms with E-state index in [4.69, 9.17) is 16.3 Å². The third-order valence-electron chi connectivity index (χ3n) is 4.27. The summed E-state index contributed by atoms with van der Waals surface area (Å²) in [6.45, 7) is 4.38. The van der Waals surface area contributed by atoms with Crippen LogP contribution in [0.15, 0.2) is 18.2 Å². The summed E-state index contributed by atoms with van der Waals surface area (Å²) in [5, 5.41) is 0. The minimum atomic E-state index is -0.239. The molecule has 122 valence electrons. The van der Waals surface area contributed by atoms with Crippen LogP contribution in [0.3, 0.4) is 0 Å². The predicted molar refractivity (Wildman–Crippen MR) is 85.4 cm³/mol. The molecule has 0 N–H and O–H groups in total. The van der Waals surface area contributed by atoms with Crippen LogP contribution < -0.4 is 0 Å². The van der Waals surface area contributed by atoms with E-state index in [2.05, 4.69) is 0 Å². The Bertz CT molecular complexity index is 503. The number of hydrogen-bond acceptors (Lipinski definition) is 2. The van der Waals surface area contributed by atoms with E-state index in [-0.39, 0.29) is 17.6 Å². The molecule has 1 atom stereocenters. The maximum Gasteiger partial charge on any atom is 0.237 e. The summed E-state index contributed by atoms with van der Waals surface area (Å²) in [6, 6.07) is 4.97. The van der Waals surface area contributed by atoms with Gasteiger partial charge in [-0.1, -0.05) is 12.1 Å². The van der Waals surface area contributed by atoms with Crippen molar-refractivity contribution in [1.29, 1.82) is 0 Å². The standard InChI is InChI=1S/C17H23ClFNO2/c1-13-15(5-2-6-16(13)19)11-20(17(21)10-18)8-7-14-4-3-9-22-12-14/h2,5-6,14H,3-4,7-12H2,1H3. The van der Waals surface area contributed by atoms with Gasteiger partial charge < -0.3 is 9.64 Å². The van der Waals surface area contributed by atoms with Gasteiger partial charge in [-0.25, -0.2) is 4.39 Å². The van der Waals surface area contributed by atoms with Crippen LogP contribution in [0.1, 0.15) is 30.4 Å². The maximum absolute atomic E-state index is 13.6. The second-order valence-corrected chi connectivity index (χ2v) is 6.11. The van der Waals surface area contributed by atoms with E-state index in [0.717, 1.165) is 38.0 Å². The molecule has 0 spiro atoms. The number of nitrogens with zero attached hydrogens (tertiary/aromatic N) is 1. The number of amides is 1. The summed E-state index contributed by atoms with van der Waals surface area (Å²) in [7, 11) is 0. The first-order valence-electron chi connectivity index (χ1n) is 7.77. The first-order chi connectivity index (χ1) is 10.6. The van der Waals surface area contributed by atoms with Gasteiger partial charge in [0.25, 0.3) is 0 Å². The van der Waals surface area contributed by atoms with Gasteiger partial charge in [0.05, 0.1) is 0 Å². The summed E-state index contributed by atoms with van der Waals surface area (Å²) in [5.41, 5.74) is 1.43. The molecular weight excluding hydrogens is 305 g/mol. The Morgan fingerprint density at radius 1 is 1.50 bits per heavy atom. The molecule has 5 heteroatoms. The molecular formula is C17H23ClFNO2. The van der Waals surface area contributed by atoms with Crippen molar-refractivity contribution >= 4 is 17.5 Å². The summed E-state index contributed by atoms with van der Waals surface area (Å²) in [5.74, 6) is 0.0988. The molecule has 0 radical (unpaired) electrons. The van der Waals surface area contributed by atoms with Gasteiger partial charge >= 0.3 is 0 Å². The molecule has 0 bridgehead atoms. The monoisotopic (exact) mass is 327 g/mol. The topological polar surface area (TPSA) is 29.5 Å². The molecule has 1 fully saturated rings. The molecule has 0 aromatic heterocycles. The van der Waals surface area contributed by atoms with E-state index in [1.807, 2.05) is 6.07 Å². The lowest BCUT2D eigenvalue weighted by molar-refractivity contribution is -0.129. The molecule has 22 heavy (non-hydrogen) atoms. The summed E-state index contributed by atoms with van der Waals surface area (Å²) in [6.07, 6.45) is 3.12. The average molecular weight is 328 g/mol. The first kappa shape index (κ1) is 17.2. The average Bonchev–Trinajstić information content (AvgIpc) is 2.55. The number of halogens is 2. The van der Waals surface area contributed by atoms with Crippen molar-refractivity contribution in [1.82, 2.24) is 4.90 Å². The summed E-state index contributed by atoms with van der Waals surface area (Å²) < 4.78 is 19.1. The van der Waals surface area contributed by atoms with E-state index in [0.29, 0.717) is 24.6 Å². The molecule has 0 saturated carbocycles. The molecule has 0 aliphatic carbocycles. The van der Waals surface area contributed by atoms with Gasteiger partial charge in [0.15, 0.2) is 0 Å². The van der Waals surface area contributed by atoms with Crippen LogP contribution in [0.4, 0.5) is 4.39 Å². The van der Waals surface area contributed by atoms with Crippen molar-refractivity contribution in [2.75, 3.05) is 25.6 Å². The van der Waals surface area contributed by atoms with Crippen LogP contribution in [0, 0.1) is 18.7 Å². The van der Waals surface area contributed by atoms with Gasteiger partial charge in [0.2, 0.25) is 5.91 Å². The van der Waals surface area contributed by atoms with Crippen LogP contribution in [0.2, 0.25) is 0 Å². The second kappa shape index (κ2) is 8.49. The number of carbonyl (C=O) groups excluding carboxylic acids is 1. The molecule has 3 nitrogen and oxygen atoms in total. The molecule has 1 heterocycles. The number of benzene rings is 1. The minimum absolute atomic E-state index is 0.0461. The molecule has 2 rings (SSSR count). The van der Waals surface area contributed by atoms with Gasteiger partial charge in [-0.05, 0) is 49.3 Å². The molecule has 1 aliphatic rings. The minimum Gasteiger partial charge on any atom is -0.381 e. The molecule has 1 aliphatic heterocycles. The van der Waals surface area contributed by atoms with Crippen LogP contribution in [0.5, 0.6) is 0 Å². The number of alkyl halides is 1. The lowest BCUT2D eigenvalue weighted by Gasteiger charge is -2.27. The van der Waals surface area contributed by atoms with Crippen LogP contribution in [0.25, 0.3) is 0 Å². The van der Waals surface area contributed by atoms with Crippen molar-refractivity contribution < 1.29 is 13.9 Å². The Hall–Kier alpha value is -1.13. The number of hydrogen-bond donors (Lipinski definition) is 0. The number of rotatable bonds is 6. The van der Waals surface area contributed by atoms with Crippen molar-refractivity contribution in [3.8, 4) is 0 Å². The van der Waals surface area contributed by atoms with Crippen molar-refractivity contribution in [3.05, 3.63) is 35.1 Å². The highest BCUT2D eigenvalue weighted by Gasteiger charge is 2.19. The van der Waals surface area contributed by atoms with E-state index in [9.17, 15) is 9.18 Å². The van der Waals surface area contributed by atoms with Crippen molar-refractivity contribution in [2.45, 2.75) is 32.7 Å². The Balaban J connectivity index is 1.99. The van der Waals surface area contributed by atoms with Crippen LogP contribution >= 0.6 is 11.6 Å². The zero-order chi connectivity index (χ0) is 15.9.